The highest BCUT2D eigenvalue weighted by atomic mass is 16.6. The number of aliphatic hydroxyl groups is 1. The van der Waals surface area contributed by atoms with Crippen LogP contribution in [-0.4, -0.2) is 40.3 Å². The summed E-state index contributed by atoms with van der Waals surface area (Å²) in [5, 5.41) is 30.9. The van der Waals surface area contributed by atoms with Crippen LogP contribution in [-0.2, 0) is 9.59 Å². The van der Waals surface area contributed by atoms with Crippen molar-refractivity contribution in [2.24, 2.45) is 0 Å². The van der Waals surface area contributed by atoms with E-state index in [2.05, 4.69) is 0 Å². The Balaban J connectivity index is 2.19. The molecule has 3 rings (SSSR count). The number of nitro groups is 1. The zero-order valence-electron chi connectivity index (χ0n) is 15.2. The highest BCUT2D eigenvalue weighted by molar-refractivity contribution is 6.46. The fraction of sp³-hybridized carbons (Fsp3) is 0.150. The van der Waals surface area contributed by atoms with Gasteiger partial charge in [-0.2, -0.15) is 5.26 Å². The number of hydrogen-bond acceptors (Lipinski definition) is 7. The van der Waals surface area contributed by atoms with Crippen LogP contribution in [0.3, 0.4) is 0 Å². The van der Waals surface area contributed by atoms with Gasteiger partial charge >= 0.3 is 0 Å². The maximum atomic E-state index is 12.7. The van der Waals surface area contributed by atoms with Crippen molar-refractivity contribution >= 4 is 23.1 Å². The number of non-ortho nitro benzene ring substituents is 1. The van der Waals surface area contributed by atoms with Gasteiger partial charge < -0.3 is 14.7 Å². The first kappa shape index (κ1) is 19.6. The summed E-state index contributed by atoms with van der Waals surface area (Å²) in [4.78, 5) is 36.6. The van der Waals surface area contributed by atoms with E-state index in [1.165, 1.54) is 25.3 Å². The van der Waals surface area contributed by atoms with Gasteiger partial charge in [-0.15, -0.1) is 0 Å². The highest BCUT2D eigenvalue weighted by Crippen LogP contribution is 2.39. The van der Waals surface area contributed by atoms with Gasteiger partial charge in [0.25, 0.3) is 17.4 Å². The van der Waals surface area contributed by atoms with E-state index in [9.17, 15) is 24.8 Å². The standard InChI is InChI=1S/C20H15N3O6/c1-29-15-7-5-12(6-8-15)17-16(19(25)20(26)22(17)10-9-21)18(24)13-3-2-4-14(11-13)23(27)28/h2-8,11,17,24H,10H2,1H3/b18-16+. The highest BCUT2D eigenvalue weighted by Gasteiger charge is 2.46. The lowest BCUT2D eigenvalue weighted by molar-refractivity contribution is -0.384. The molecule has 1 amide bonds. The summed E-state index contributed by atoms with van der Waals surface area (Å²) in [6.45, 7) is -0.368. The Bertz CT molecular complexity index is 1070. The molecule has 0 aliphatic carbocycles. The van der Waals surface area contributed by atoms with Crippen LogP contribution in [0.25, 0.3) is 5.76 Å². The smallest absolute Gasteiger partial charge is 0.296 e. The topological polar surface area (TPSA) is 134 Å². The lowest BCUT2D eigenvalue weighted by Crippen LogP contribution is -2.30. The Labute approximate surface area is 165 Å². The van der Waals surface area contributed by atoms with E-state index in [0.29, 0.717) is 11.3 Å². The molecule has 1 fully saturated rings. The van der Waals surface area contributed by atoms with Gasteiger partial charge in [-0.3, -0.25) is 19.7 Å². The molecular weight excluding hydrogens is 378 g/mol. The molecule has 1 saturated heterocycles. The van der Waals surface area contributed by atoms with E-state index >= 15 is 0 Å². The lowest BCUT2D eigenvalue weighted by Gasteiger charge is -2.23. The van der Waals surface area contributed by atoms with Crippen molar-refractivity contribution in [1.29, 1.82) is 5.26 Å². The third-order valence-corrected chi connectivity index (χ3v) is 4.54. The first-order valence-electron chi connectivity index (χ1n) is 8.43. The largest absolute Gasteiger partial charge is 0.507 e. The quantitative estimate of drug-likeness (QED) is 0.206. The summed E-state index contributed by atoms with van der Waals surface area (Å²) in [5.41, 5.74) is -0.0166. The van der Waals surface area contributed by atoms with E-state index in [0.717, 1.165) is 11.0 Å². The molecule has 0 spiro atoms. The van der Waals surface area contributed by atoms with Gasteiger partial charge in [0.15, 0.2) is 0 Å². The van der Waals surface area contributed by atoms with Crippen LogP contribution in [0.4, 0.5) is 5.69 Å². The summed E-state index contributed by atoms with van der Waals surface area (Å²) >= 11 is 0. The fourth-order valence-electron chi connectivity index (χ4n) is 3.17. The van der Waals surface area contributed by atoms with Crippen molar-refractivity contribution in [1.82, 2.24) is 4.90 Å². The van der Waals surface area contributed by atoms with E-state index in [-0.39, 0.29) is 23.4 Å². The molecule has 1 N–H and O–H groups in total. The number of aliphatic hydroxyl groups excluding tert-OH is 1. The van der Waals surface area contributed by atoms with Crippen molar-refractivity contribution in [2.45, 2.75) is 6.04 Å². The minimum atomic E-state index is -1.01. The number of ether oxygens (including phenoxy) is 1. The van der Waals surface area contributed by atoms with Gasteiger partial charge in [-0.25, -0.2) is 0 Å². The molecule has 1 unspecified atom stereocenters. The number of nitriles is 1. The third-order valence-electron chi connectivity index (χ3n) is 4.54. The second-order valence-corrected chi connectivity index (χ2v) is 6.17. The molecule has 1 aliphatic rings. The fourth-order valence-corrected chi connectivity index (χ4v) is 3.17. The second kappa shape index (κ2) is 7.82. The summed E-state index contributed by atoms with van der Waals surface area (Å²) in [7, 11) is 1.49. The Morgan fingerprint density at radius 1 is 1.28 bits per heavy atom. The number of nitro benzene ring substituents is 1. The average Bonchev–Trinajstić information content (AvgIpc) is 2.98. The molecule has 9 nitrogen and oxygen atoms in total. The van der Waals surface area contributed by atoms with Crippen LogP contribution in [0.15, 0.2) is 54.1 Å². The normalized spacial score (nSPS) is 17.8. The van der Waals surface area contributed by atoms with Gasteiger partial charge in [0.05, 0.1) is 29.7 Å². The molecule has 146 valence electrons. The predicted molar refractivity (Wildman–Crippen MR) is 101 cm³/mol. The lowest BCUT2D eigenvalue weighted by atomic mass is 9.95. The van der Waals surface area contributed by atoms with Crippen molar-refractivity contribution in [3.8, 4) is 11.8 Å². The van der Waals surface area contributed by atoms with Crippen LogP contribution in [0.5, 0.6) is 5.75 Å². The molecule has 1 aliphatic heterocycles. The molecule has 1 heterocycles. The molecule has 0 saturated carbocycles. The van der Waals surface area contributed by atoms with Gasteiger partial charge in [0.2, 0.25) is 0 Å². The van der Waals surface area contributed by atoms with Crippen molar-refractivity contribution < 1.29 is 24.4 Å². The number of ketones is 1. The van der Waals surface area contributed by atoms with Gasteiger partial charge in [0.1, 0.15) is 18.1 Å². The van der Waals surface area contributed by atoms with Crippen molar-refractivity contribution in [2.75, 3.05) is 13.7 Å². The number of amides is 1. The number of carbonyl (C=O) groups is 2. The van der Waals surface area contributed by atoms with Crippen molar-refractivity contribution in [3.63, 3.8) is 0 Å². The molecule has 2 aromatic rings. The van der Waals surface area contributed by atoms with E-state index in [4.69, 9.17) is 10.00 Å². The number of rotatable bonds is 5. The Kier molecular flexibility index (Phi) is 5.27. The number of Topliss-reactive ketones (excluding diaryl/α,β-unsaturated/α-hetero) is 1. The van der Waals surface area contributed by atoms with Gasteiger partial charge in [-0.05, 0) is 17.7 Å². The maximum Gasteiger partial charge on any atom is 0.296 e. The first-order valence-corrected chi connectivity index (χ1v) is 8.43. The number of carbonyl (C=O) groups excluding carboxylic acids is 2. The Morgan fingerprint density at radius 2 is 1.97 bits per heavy atom. The number of hydrogen-bond donors (Lipinski definition) is 1. The molecule has 0 bridgehead atoms. The predicted octanol–water partition coefficient (Wildman–Crippen LogP) is 2.55. The van der Waals surface area contributed by atoms with Crippen molar-refractivity contribution in [3.05, 3.63) is 75.3 Å². The Hall–Kier alpha value is -4.19. The molecular formula is C20H15N3O6. The van der Waals surface area contributed by atoms with E-state index in [1.807, 2.05) is 6.07 Å². The van der Waals surface area contributed by atoms with Crippen LogP contribution < -0.4 is 4.74 Å². The molecule has 0 radical (unpaired) electrons. The molecule has 1 atom stereocenters. The monoisotopic (exact) mass is 393 g/mol. The minimum absolute atomic E-state index is 0.0210. The van der Waals surface area contributed by atoms with Crippen LogP contribution in [0, 0.1) is 21.4 Å². The number of nitrogens with zero attached hydrogens (tertiary/aromatic N) is 3. The average molecular weight is 393 g/mol. The molecule has 9 heteroatoms. The second-order valence-electron chi connectivity index (χ2n) is 6.17. The van der Waals surface area contributed by atoms with Gasteiger partial charge in [-0.1, -0.05) is 24.3 Å². The van der Waals surface area contributed by atoms with Crippen LogP contribution in [0.1, 0.15) is 17.2 Å². The zero-order chi connectivity index (χ0) is 21.1. The van der Waals surface area contributed by atoms with Crippen LogP contribution >= 0.6 is 0 Å². The summed E-state index contributed by atoms with van der Waals surface area (Å²) in [6.07, 6.45) is 0. The van der Waals surface area contributed by atoms with E-state index < -0.39 is 28.4 Å². The molecule has 0 aromatic heterocycles. The number of methoxy groups -OCH3 is 1. The third kappa shape index (κ3) is 3.51. The zero-order valence-corrected chi connectivity index (χ0v) is 15.2. The maximum absolute atomic E-state index is 12.7. The summed E-state index contributed by atoms with van der Waals surface area (Å²) in [6, 6.07) is 12.4. The molecule has 29 heavy (non-hydrogen) atoms. The number of likely N-dealkylation sites (tertiary alicyclic amines) is 1. The molecule has 2 aromatic carbocycles. The SMILES string of the molecule is COc1ccc(C2/C(=C(\O)c3cccc([N+](=O)[O-])c3)C(=O)C(=O)N2CC#N)cc1. The summed E-state index contributed by atoms with van der Waals surface area (Å²) in [5.74, 6) is -1.90. The van der Waals surface area contributed by atoms with E-state index in [1.54, 1.807) is 24.3 Å². The Morgan fingerprint density at radius 3 is 2.55 bits per heavy atom. The summed E-state index contributed by atoms with van der Waals surface area (Å²) < 4.78 is 5.10. The minimum Gasteiger partial charge on any atom is -0.507 e. The van der Waals surface area contributed by atoms with Gasteiger partial charge in [0, 0.05) is 17.7 Å². The first-order chi connectivity index (χ1) is 13.9. The number of benzene rings is 2. The van der Waals surface area contributed by atoms with Crippen LogP contribution in [0.2, 0.25) is 0 Å².